The van der Waals surface area contributed by atoms with Crippen LogP contribution in [0.2, 0.25) is 0 Å². The molecule has 2 fully saturated rings. The summed E-state index contributed by atoms with van der Waals surface area (Å²) in [5, 5.41) is 3.27. The molecule has 1 N–H and O–H groups in total. The maximum Gasteiger partial charge on any atom is 0.246 e. The number of imide groups is 1. The zero-order valence-electron chi connectivity index (χ0n) is 11.2. The standard InChI is InChI=1S/C13H22N2O3/c1-3-15-11(16)8-10(12(15)17)14-9-13(2)4-6-18-7-5-13/h10,14H,3-9H2,1-2H3. The predicted octanol–water partition coefficient (Wildman–Crippen LogP) is 0.540. The molecule has 2 aliphatic heterocycles. The van der Waals surface area contributed by atoms with Crippen molar-refractivity contribution >= 4 is 11.8 Å². The van der Waals surface area contributed by atoms with E-state index in [1.54, 1.807) is 0 Å². The van der Waals surface area contributed by atoms with Crippen LogP contribution < -0.4 is 5.32 Å². The fraction of sp³-hybridized carbons (Fsp3) is 0.846. The molecule has 2 rings (SSSR count). The third-order valence-corrected chi connectivity index (χ3v) is 4.04. The first-order valence-corrected chi connectivity index (χ1v) is 6.71. The highest BCUT2D eigenvalue weighted by atomic mass is 16.5. The molecule has 0 radical (unpaired) electrons. The average molecular weight is 254 g/mol. The minimum Gasteiger partial charge on any atom is -0.381 e. The van der Waals surface area contributed by atoms with E-state index in [9.17, 15) is 9.59 Å². The van der Waals surface area contributed by atoms with Gasteiger partial charge in [-0.1, -0.05) is 6.92 Å². The van der Waals surface area contributed by atoms with Gasteiger partial charge in [0.1, 0.15) is 0 Å². The van der Waals surface area contributed by atoms with Crippen LogP contribution in [-0.2, 0) is 14.3 Å². The van der Waals surface area contributed by atoms with E-state index in [4.69, 9.17) is 4.74 Å². The number of amides is 2. The molecule has 5 nitrogen and oxygen atoms in total. The number of rotatable bonds is 4. The molecule has 0 aromatic heterocycles. The normalized spacial score (nSPS) is 27.9. The number of likely N-dealkylation sites (tertiary alicyclic amines) is 1. The lowest BCUT2D eigenvalue weighted by atomic mass is 9.82. The predicted molar refractivity (Wildman–Crippen MR) is 67.0 cm³/mol. The molecule has 0 bridgehead atoms. The van der Waals surface area contributed by atoms with E-state index in [2.05, 4.69) is 12.2 Å². The zero-order chi connectivity index (χ0) is 13.2. The van der Waals surface area contributed by atoms with Crippen molar-refractivity contribution in [2.45, 2.75) is 39.2 Å². The first kappa shape index (κ1) is 13.5. The van der Waals surface area contributed by atoms with Crippen LogP contribution in [0.4, 0.5) is 0 Å². The molecule has 2 amide bonds. The molecule has 102 valence electrons. The van der Waals surface area contributed by atoms with Gasteiger partial charge in [-0.3, -0.25) is 14.5 Å². The van der Waals surface area contributed by atoms with Gasteiger partial charge in [0.15, 0.2) is 0 Å². The molecular formula is C13H22N2O3. The number of likely N-dealkylation sites (N-methyl/N-ethyl adjacent to an activating group) is 1. The third kappa shape index (κ3) is 2.72. The summed E-state index contributed by atoms with van der Waals surface area (Å²) >= 11 is 0. The summed E-state index contributed by atoms with van der Waals surface area (Å²) < 4.78 is 5.35. The second-order valence-electron chi connectivity index (χ2n) is 5.54. The van der Waals surface area contributed by atoms with E-state index in [-0.39, 0.29) is 23.3 Å². The van der Waals surface area contributed by atoms with Crippen LogP contribution in [0.1, 0.15) is 33.1 Å². The Labute approximate surface area is 108 Å². The highest BCUT2D eigenvalue weighted by molar-refractivity contribution is 6.05. The molecule has 0 aliphatic carbocycles. The summed E-state index contributed by atoms with van der Waals surface area (Å²) in [5.74, 6) is -0.129. The Bertz CT molecular complexity index is 337. The van der Waals surface area contributed by atoms with Crippen LogP contribution >= 0.6 is 0 Å². The second kappa shape index (κ2) is 5.36. The Morgan fingerprint density at radius 1 is 1.39 bits per heavy atom. The Kier molecular flexibility index (Phi) is 4.02. The Morgan fingerprint density at radius 3 is 2.61 bits per heavy atom. The first-order chi connectivity index (χ1) is 8.56. The monoisotopic (exact) mass is 254 g/mol. The molecule has 0 saturated carbocycles. The molecular weight excluding hydrogens is 232 g/mol. The van der Waals surface area contributed by atoms with Crippen molar-refractivity contribution in [2.24, 2.45) is 5.41 Å². The number of carbonyl (C=O) groups excluding carboxylic acids is 2. The fourth-order valence-electron chi connectivity index (χ4n) is 2.59. The van der Waals surface area contributed by atoms with E-state index in [0.717, 1.165) is 32.6 Å². The van der Waals surface area contributed by atoms with Crippen LogP contribution in [0.15, 0.2) is 0 Å². The van der Waals surface area contributed by atoms with Crippen molar-refractivity contribution in [2.75, 3.05) is 26.3 Å². The minimum absolute atomic E-state index is 0.0582. The van der Waals surface area contributed by atoms with E-state index >= 15 is 0 Å². The maximum absolute atomic E-state index is 11.9. The largest absolute Gasteiger partial charge is 0.381 e. The molecule has 2 aliphatic rings. The van der Waals surface area contributed by atoms with Crippen molar-refractivity contribution in [3.63, 3.8) is 0 Å². The molecule has 18 heavy (non-hydrogen) atoms. The first-order valence-electron chi connectivity index (χ1n) is 6.71. The number of carbonyl (C=O) groups is 2. The van der Waals surface area contributed by atoms with Crippen LogP contribution in [0, 0.1) is 5.41 Å². The lowest BCUT2D eigenvalue weighted by Gasteiger charge is -2.34. The molecule has 1 atom stereocenters. The van der Waals surface area contributed by atoms with Crippen LogP contribution in [0.3, 0.4) is 0 Å². The maximum atomic E-state index is 11.9. The lowest BCUT2D eigenvalue weighted by molar-refractivity contribution is -0.138. The lowest BCUT2D eigenvalue weighted by Crippen LogP contribution is -2.44. The summed E-state index contributed by atoms with van der Waals surface area (Å²) in [6, 6.07) is -0.322. The van der Waals surface area contributed by atoms with Gasteiger partial charge in [-0.15, -0.1) is 0 Å². The summed E-state index contributed by atoms with van der Waals surface area (Å²) in [5.41, 5.74) is 0.182. The zero-order valence-corrected chi connectivity index (χ0v) is 11.2. The fourth-order valence-corrected chi connectivity index (χ4v) is 2.59. The van der Waals surface area contributed by atoms with Crippen LogP contribution in [0.25, 0.3) is 0 Å². The van der Waals surface area contributed by atoms with Gasteiger partial charge in [0.05, 0.1) is 12.5 Å². The Morgan fingerprint density at radius 2 is 2.06 bits per heavy atom. The van der Waals surface area contributed by atoms with Gasteiger partial charge < -0.3 is 10.1 Å². The Hall–Kier alpha value is -0.940. The highest BCUT2D eigenvalue weighted by Gasteiger charge is 2.38. The van der Waals surface area contributed by atoms with Gasteiger partial charge in [-0.05, 0) is 25.2 Å². The third-order valence-electron chi connectivity index (χ3n) is 4.04. The van der Waals surface area contributed by atoms with Crippen LogP contribution in [-0.4, -0.2) is 49.1 Å². The van der Waals surface area contributed by atoms with Gasteiger partial charge >= 0.3 is 0 Å². The molecule has 2 heterocycles. The van der Waals surface area contributed by atoms with Gasteiger partial charge in [-0.25, -0.2) is 0 Å². The van der Waals surface area contributed by atoms with E-state index in [1.807, 2.05) is 6.92 Å². The topological polar surface area (TPSA) is 58.6 Å². The number of nitrogens with one attached hydrogen (secondary N) is 1. The van der Waals surface area contributed by atoms with Crippen molar-refractivity contribution in [1.82, 2.24) is 10.2 Å². The van der Waals surface area contributed by atoms with Crippen molar-refractivity contribution in [3.05, 3.63) is 0 Å². The van der Waals surface area contributed by atoms with E-state index in [0.29, 0.717) is 13.0 Å². The molecule has 5 heteroatoms. The summed E-state index contributed by atoms with van der Waals surface area (Å²) in [6.45, 7) is 6.87. The summed E-state index contributed by atoms with van der Waals surface area (Å²) in [6.07, 6.45) is 2.32. The van der Waals surface area contributed by atoms with Gasteiger partial charge in [0.25, 0.3) is 0 Å². The van der Waals surface area contributed by atoms with Crippen molar-refractivity contribution in [3.8, 4) is 0 Å². The van der Waals surface area contributed by atoms with Gasteiger partial charge in [0.2, 0.25) is 11.8 Å². The minimum atomic E-state index is -0.322. The van der Waals surface area contributed by atoms with E-state index in [1.165, 1.54) is 4.90 Å². The van der Waals surface area contributed by atoms with Crippen molar-refractivity contribution < 1.29 is 14.3 Å². The van der Waals surface area contributed by atoms with Crippen LogP contribution in [0.5, 0.6) is 0 Å². The molecule has 0 aromatic rings. The Balaban J connectivity index is 1.87. The van der Waals surface area contributed by atoms with Gasteiger partial charge in [-0.2, -0.15) is 0 Å². The smallest absolute Gasteiger partial charge is 0.246 e. The number of hydrogen-bond acceptors (Lipinski definition) is 4. The summed E-state index contributed by atoms with van der Waals surface area (Å²) in [7, 11) is 0. The average Bonchev–Trinajstić information content (AvgIpc) is 2.62. The molecule has 1 unspecified atom stereocenters. The molecule has 2 saturated heterocycles. The molecule has 0 spiro atoms. The summed E-state index contributed by atoms with van der Waals surface area (Å²) in [4.78, 5) is 24.9. The van der Waals surface area contributed by atoms with Gasteiger partial charge in [0, 0.05) is 26.3 Å². The number of nitrogens with zero attached hydrogens (tertiary/aromatic N) is 1. The highest BCUT2D eigenvalue weighted by Crippen LogP contribution is 2.29. The number of ether oxygens (including phenoxy) is 1. The van der Waals surface area contributed by atoms with Crippen molar-refractivity contribution in [1.29, 1.82) is 0 Å². The second-order valence-corrected chi connectivity index (χ2v) is 5.54. The van der Waals surface area contributed by atoms with E-state index < -0.39 is 0 Å². The number of hydrogen-bond donors (Lipinski definition) is 1. The molecule has 0 aromatic carbocycles. The quantitative estimate of drug-likeness (QED) is 0.744. The SMILES string of the molecule is CCN1C(=O)CC(NCC2(C)CCOCC2)C1=O.